The molecule has 2 rings (SSSR count). The quantitative estimate of drug-likeness (QED) is 0.830. The maximum Gasteiger partial charge on any atom is 0.217 e. The molecule has 0 aliphatic carbocycles. The number of halogens is 1. The Labute approximate surface area is 107 Å². The highest BCUT2D eigenvalue weighted by atomic mass is 35.5. The minimum atomic E-state index is -3.27. The normalized spacial score (nSPS) is 19.9. The highest BCUT2D eigenvalue weighted by Crippen LogP contribution is 2.04. The first-order valence-electron chi connectivity index (χ1n) is 5.26. The van der Waals surface area contributed by atoms with Gasteiger partial charge in [0.1, 0.15) is 5.75 Å². The van der Waals surface area contributed by atoms with Crippen LogP contribution in [0.15, 0.2) is 24.4 Å². The van der Waals surface area contributed by atoms with E-state index in [0.717, 1.165) is 13.0 Å². The van der Waals surface area contributed by atoms with E-state index in [1.807, 2.05) is 0 Å². The Morgan fingerprint density at radius 3 is 2.88 bits per heavy atom. The first kappa shape index (κ1) is 14.4. The molecule has 1 atom stereocenters. The highest BCUT2D eigenvalue weighted by molar-refractivity contribution is 7.88. The molecule has 0 bridgehead atoms. The SMILES string of the molecule is Cl.O=S(=O)(Cc1ccccn1)NC1CCNC1. The van der Waals surface area contributed by atoms with Crippen LogP contribution < -0.4 is 10.0 Å². The number of hydrogen-bond donors (Lipinski definition) is 2. The van der Waals surface area contributed by atoms with Crippen molar-refractivity contribution in [3.63, 3.8) is 0 Å². The molecule has 0 spiro atoms. The van der Waals surface area contributed by atoms with Crippen molar-refractivity contribution in [3.05, 3.63) is 30.1 Å². The second-order valence-corrected chi connectivity index (χ2v) is 5.64. The molecule has 96 valence electrons. The summed E-state index contributed by atoms with van der Waals surface area (Å²) in [7, 11) is -3.27. The third-order valence-corrected chi connectivity index (χ3v) is 3.84. The van der Waals surface area contributed by atoms with Gasteiger partial charge in [-0.15, -0.1) is 12.4 Å². The fourth-order valence-corrected chi connectivity index (χ4v) is 3.08. The largest absolute Gasteiger partial charge is 0.315 e. The second-order valence-electron chi connectivity index (χ2n) is 3.89. The predicted molar refractivity (Wildman–Crippen MR) is 68.5 cm³/mol. The Hall–Kier alpha value is -0.690. The summed E-state index contributed by atoms with van der Waals surface area (Å²) in [5.41, 5.74) is 0.570. The summed E-state index contributed by atoms with van der Waals surface area (Å²) in [6, 6.07) is 5.29. The highest BCUT2D eigenvalue weighted by Gasteiger charge is 2.21. The Morgan fingerprint density at radius 2 is 2.29 bits per heavy atom. The van der Waals surface area contributed by atoms with Crippen molar-refractivity contribution in [2.75, 3.05) is 13.1 Å². The van der Waals surface area contributed by atoms with Crippen LogP contribution in [0.3, 0.4) is 0 Å². The number of hydrogen-bond acceptors (Lipinski definition) is 4. The molecule has 7 heteroatoms. The van der Waals surface area contributed by atoms with Gasteiger partial charge in [0.25, 0.3) is 0 Å². The van der Waals surface area contributed by atoms with E-state index in [-0.39, 0.29) is 24.2 Å². The van der Waals surface area contributed by atoms with Crippen molar-refractivity contribution in [2.24, 2.45) is 0 Å². The minimum Gasteiger partial charge on any atom is -0.315 e. The van der Waals surface area contributed by atoms with Crippen LogP contribution in [0.2, 0.25) is 0 Å². The molecule has 1 fully saturated rings. The second kappa shape index (κ2) is 6.30. The molecule has 1 aromatic rings. The Bertz CT molecular complexity index is 432. The number of pyridine rings is 1. The van der Waals surface area contributed by atoms with E-state index < -0.39 is 10.0 Å². The van der Waals surface area contributed by atoms with E-state index in [4.69, 9.17) is 0 Å². The Balaban J connectivity index is 0.00000144. The average molecular weight is 278 g/mol. The van der Waals surface area contributed by atoms with Gasteiger partial charge in [-0.25, -0.2) is 13.1 Å². The van der Waals surface area contributed by atoms with Gasteiger partial charge in [-0.3, -0.25) is 4.98 Å². The molecule has 1 aliphatic heterocycles. The first-order chi connectivity index (χ1) is 7.66. The van der Waals surface area contributed by atoms with Crippen LogP contribution in [0.25, 0.3) is 0 Å². The van der Waals surface area contributed by atoms with Crippen molar-refractivity contribution >= 4 is 22.4 Å². The van der Waals surface area contributed by atoms with E-state index in [1.165, 1.54) is 0 Å². The van der Waals surface area contributed by atoms with Gasteiger partial charge in [-0.05, 0) is 25.1 Å². The standard InChI is InChI=1S/C10H15N3O2S.ClH/c14-16(15,13-9-4-6-11-7-9)8-10-3-1-2-5-12-10;/h1-3,5,9,11,13H,4,6-8H2;1H. The van der Waals surface area contributed by atoms with Gasteiger partial charge in [0.15, 0.2) is 0 Å². The lowest BCUT2D eigenvalue weighted by Gasteiger charge is -2.11. The van der Waals surface area contributed by atoms with Gasteiger partial charge in [-0.2, -0.15) is 0 Å². The molecule has 17 heavy (non-hydrogen) atoms. The van der Waals surface area contributed by atoms with Crippen molar-refractivity contribution in [1.29, 1.82) is 0 Å². The number of sulfonamides is 1. The lowest BCUT2D eigenvalue weighted by molar-refractivity contribution is 0.558. The summed E-state index contributed by atoms with van der Waals surface area (Å²) in [6.07, 6.45) is 2.45. The van der Waals surface area contributed by atoms with Crippen LogP contribution in [0, 0.1) is 0 Å². The zero-order valence-corrected chi connectivity index (χ0v) is 10.9. The van der Waals surface area contributed by atoms with Gasteiger partial charge in [0.2, 0.25) is 10.0 Å². The molecular formula is C10H16ClN3O2S. The number of aromatic nitrogens is 1. The molecule has 2 N–H and O–H groups in total. The van der Waals surface area contributed by atoms with Crippen molar-refractivity contribution in [1.82, 2.24) is 15.0 Å². The maximum atomic E-state index is 11.8. The van der Waals surface area contributed by atoms with E-state index in [1.54, 1.807) is 24.4 Å². The Morgan fingerprint density at radius 1 is 1.47 bits per heavy atom. The third kappa shape index (κ3) is 4.59. The molecule has 0 amide bonds. The zero-order chi connectivity index (χ0) is 11.4. The first-order valence-corrected chi connectivity index (χ1v) is 6.91. The molecule has 0 radical (unpaired) electrons. The fraction of sp³-hybridized carbons (Fsp3) is 0.500. The number of rotatable bonds is 4. The van der Waals surface area contributed by atoms with Crippen molar-refractivity contribution in [2.45, 2.75) is 18.2 Å². The van der Waals surface area contributed by atoms with Crippen LogP contribution in [0.1, 0.15) is 12.1 Å². The average Bonchev–Trinajstić information content (AvgIpc) is 2.70. The van der Waals surface area contributed by atoms with Crippen LogP contribution in [-0.2, 0) is 15.8 Å². The van der Waals surface area contributed by atoms with Gasteiger partial charge in [-0.1, -0.05) is 6.07 Å². The van der Waals surface area contributed by atoms with Gasteiger partial charge in [0, 0.05) is 18.8 Å². The topological polar surface area (TPSA) is 71.1 Å². The van der Waals surface area contributed by atoms with Crippen LogP contribution >= 0.6 is 12.4 Å². The minimum absolute atomic E-state index is 0. The molecule has 1 saturated heterocycles. The number of nitrogens with zero attached hydrogens (tertiary/aromatic N) is 1. The molecule has 5 nitrogen and oxygen atoms in total. The molecular weight excluding hydrogens is 262 g/mol. The predicted octanol–water partition coefficient (Wildman–Crippen LogP) is 0.285. The van der Waals surface area contributed by atoms with Crippen molar-refractivity contribution in [3.8, 4) is 0 Å². The summed E-state index contributed by atoms with van der Waals surface area (Å²) in [5.74, 6) is -0.0513. The van der Waals surface area contributed by atoms with Gasteiger partial charge in [0.05, 0.1) is 5.69 Å². The monoisotopic (exact) mass is 277 g/mol. The van der Waals surface area contributed by atoms with Crippen molar-refractivity contribution < 1.29 is 8.42 Å². The van der Waals surface area contributed by atoms with E-state index in [0.29, 0.717) is 12.2 Å². The molecule has 2 heterocycles. The lowest BCUT2D eigenvalue weighted by atomic mass is 10.3. The van der Waals surface area contributed by atoms with Crippen LogP contribution in [0.4, 0.5) is 0 Å². The smallest absolute Gasteiger partial charge is 0.217 e. The molecule has 0 saturated carbocycles. The van der Waals surface area contributed by atoms with Crippen LogP contribution in [0.5, 0.6) is 0 Å². The van der Waals surface area contributed by atoms with Gasteiger partial charge < -0.3 is 5.32 Å². The fourth-order valence-electron chi connectivity index (χ4n) is 1.73. The van der Waals surface area contributed by atoms with E-state index >= 15 is 0 Å². The Kier molecular flexibility index (Phi) is 5.32. The molecule has 1 unspecified atom stereocenters. The summed E-state index contributed by atoms with van der Waals surface area (Å²) in [5, 5.41) is 3.12. The maximum absolute atomic E-state index is 11.8. The third-order valence-electron chi connectivity index (χ3n) is 2.47. The van der Waals surface area contributed by atoms with Crippen LogP contribution in [-0.4, -0.2) is 32.5 Å². The summed E-state index contributed by atoms with van der Waals surface area (Å²) in [6.45, 7) is 1.58. The molecule has 0 aromatic carbocycles. The number of nitrogens with one attached hydrogen (secondary N) is 2. The van der Waals surface area contributed by atoms with Gasteiger partial charge >= 0.3 is 0 Å². The lowest BCUT2D eigenvalue weighted by Crippen LogP contribution is -2.37. The molecule has 1 aromatic heterocycles. The van der Waals surface area contributed by atoms with E-state index in [9.17, 15) is 8.42 Å². The summed E-state index contributed by atoms with van der Waals surface area (Å²) in [4.78, 5) is 4.00. The molecule has 1 aliphatic rings. The summed E-state index contributed by atoms with van der Waals surface area (Å²) >= 11 is 0. The summed E-state index contributed by atoms with van der Waals surface area (Å²) < 4.78 is 26.2. The van der Waals surface area contributed by atoms with E-state index in [2.05, 4.69) is 15.0 Å². The zero-order valence-electron chi connectivity index (χ0n) is 9.30.